The minimum Gasteiger partial charge on any atom is -0.505 e. The van der Waals surface area contributed by atoms with E-state index in [1.165, 1.54) is 17.1 Å². The molecule has 9 nitrogen and oxygen atoms in total. The van der Waals surface area contributed by atoms with Crippen molar-refractivity contribution in [3.05, 3.63) is 47.3 Å². The Kier molecular flexibility index (Phi) is 4.66. The molecule has 9 heteroatoms. The molecule has 0 aliphatic heterocycles. The number of fused-ring (bicyclic) bond motifs is 1. The quantitative estimate of drug-likeness (QED) is 0.458. The first kappa shape index (κ1) is 16.5. The van der Waals surface area contributed by atoms with Gasteiger partial charge >= 0.3 is 0 Å². The highest BCUT2D eigenvalue weighted by molar-refractivity contribution is 5.87. The Morgan fingerprint density at radius 3 is 3.00 bits per heavy atom. The van der Waals surface area contributed by atoms with Crippen molar-refractivity contribution in [2.24, 2.45) is 5.10 Å². The second-order valence-corrected chi connectivity index (χ2v) is 5.32. The molecule has 3 rings (SSSR count). The van der Waals surface area contributed by atoms with Crippen molar-refractivity contribution in [2.45, 2.75) is 20.1 Å². The summed E-state index contributed by atoms with van der Waals surface area (Å²) in [6.45, 7) is 1.27. The van der Waals surface area contributed by atoms with Crippen molar-refractivity contribution in [1.29, 1.82) is 0 Å². The van der Waals surface area contributed by atoms with Crippen molar-refractivity contribution in [3.8, 4) is 5.75 Å². The van der Waals surface area contributed by atoms with Gasteiger partial charge in [0.1, 0.15) is 17.8 Å². The number of nitrogens with zero attached hydrogens (tertiary/aromatic N) is 5. The highest BCUT2D eigenvalue weighted by Crippen LogP contribution is 2.21. The number of hydrazone groups is 1. The summed E-state index contributed by atoms with van der Waals surface area (Å²) in [4.78, 5) is 16.0. The fourth-order valence-corrected chi connectivity index (χ4v) is 2.30. The molecule has 3 aromatic rings. The van der Waals surface area contributed by atoms with Crippen LogP contribution >= 0.6 is 0 Å². The first-order valence-electron chi connectivity index (χ1n) is 7.48. The Labute approximate surface area is 142 Å². The highest BCUT2D eigenvalue weighted by atomic mass is 16.3. The summed E-state index contributed by atoms with van der Waals surface area (Å²) in [5.74, 6) is -0.491. The summed E-state index contributed by atoms with van der Waals surface area (Å²) >= 11 is 0. The van der Waals surface area contributed by atoms with Crippen LogP contribution in [0.25, 0.3) is 11.0 Å². The number of aliphatic hydroxyl groups is 1. The second kappa shape index (κ2) is 7.05. The van der Waals surface area contributed by atoms with Crippen molar-refractivity contribution >= 4 is 23.2 Å². The Morgan fingerprint density at radius 2 is 2.20 bits per heavy atom. The molecule has 0 unspecified atom stereocenters. The lowest BCUT2D eigenvalue weighted by molar-refractivity contribution is -0.121. The summed E-state index contributed by atoms with van der Waals surface area (Å²) in [7, 11) is 0. The molecule has 1 aromatic carbocycles. The van der Waals surface area contributed by atoms with E-state index in [9.17, 15) is 15.0 Å². The van der Waals surface area contributed by atoms with Crippen molar-refractivity contribution in [3.63, 3.8) is 0 Å². The molecule has 0 aliphatic carbocycles. The number of aliphatic hydroxyl groups excluding tert-OH is 1. The molecular formula is C16H16N6O3. The zero-order valence-electron chi connectivity index (χ0n) is 13.4. The summed E-state index contributed by atoms with van der Waals surface area (Å²) in [5.41, 5.74) is 4.92. The van der Waals surface area contributed by atoms with Crippen LogP contribution < -0.4 is 5.43 Å². The number of carbonyl (C=O) groups is 1. The lowest BCUT2D eigenvalue weighted by Gasteiger charge is -2.07. The van der Waals surface area contributed by atoms with Crippen molar-refractivity contribution in [2.75, 3.05) is 0 Å². The molecular weight excluding hydrogens is 324 g/mol. The van der Waals surface area contributed by atoms with Crippen LogP contribution in [0.15, 0.2) is 35.6 Å². The van der Waals surface area contributed by atoms with E-state index < -0.39 is 5.91 Å². The Hall–Kier alpha value is -3.33. The Balaban J connectivity index is 1.70. The van der Waals surface area contributed by atoms with Gasteiger partial charge in [0.15, 0.2) is 0 Å². The van der Waals surface area contributed by atoms with Crippen LogP contribution in [0, 0.1) is 6.92 Å². The van der Waals surface area contributed by atoms with Gasteiger partial charge in [-0.2, -0.15) is 5.10 Å². The van der Waals surface area contributed by atoms with Gasteiger partial charge in [0, 0.05) is 17.3 Å². The Bertz CT molecular complexity index is 950. The minimum atomic E-state index is -0.400. The zero-order chi connectivity index (χ0) is 17.8. The van der Waals surface area contributed by atoms with Crippen LogP contribution in [-0.2, 0) is 17.9 Å². The normalized spacial score (nSPS) is 11.3. The number of pyridine rings is 1. The number of para-hydroxylation sites is 1. The molecule has 128 valence electrons. The topological polar surface area (TPSA) is 126 Å². The van der Waals surface area contributed by atoms with Crippen LogP contribution in [0.5, 0.6) is 5.75 Å². The summed E-state index contributed by atoms with van der Waals surface area (Å²) < 4.78 is 1.47. The first-order valence-corrected chi connectivity index (χ1v) is 7.48. The number of carbonyl (C=O) groups excluding carboxylic acids is 1. The number of hydrogen-bond acceptors (Lipinski definition) is 7. The van der Waals surface area contributed by atoms with Crippen LogP contribution in [0.1, 0.15) is 16.8 Å². The average molecular weight is 340 g/mol. The van der Waals surface area contributed by atoms with E-state index >= 15 is 0 Å². The third-order valence-electron chi connectivity index (χ3n) is 3.62. The van der Waals surface area contributed by atoms with E-state index in [1.54, 1.807) is 13.0 Å². The van der Waals surface area contributed by atoms with Gasteiger partial charge in [-0.1, -0.05) is 17.3 Å². The first-order chi connectivity index (χ1) is 12.1. The smallest absolute Gasteiger partial charge is 0.261 e. The average Bonchev–Trinajstić information content (AvgIpc) is 3.02. The van der Waals surface area contributed by atoms with Gasteiger partial charge in [-0.3, -0.25) is 9.78 Å². The van der Waals surface area contributed by atoms with Crippen LogP contribution in [-0.4, -0.2) is 42.3 Å². The second-order valence-electron chi connectivity index (χ2n) is 5.32. The van der Waals surface area contributed by atoms with E-state index in [-0.39, 0.29) is 18.9 Å². The van der Waals surface area contributed by atoms with E-state index in [0.717, 1.165) is 5.52 Å². The number of benzene rings is 1. The SMILES string of the molecule is Cc1ncc(CO)c(/C=N/NC(=O)Cn2nnc3ccccc32)c1O. The number of hydrogen-bond donors (Lipinski definition) is 3. The molecule has 0 fully saturated rings. The molecule has 2 heterocycles. The van der Waals surface area contributed by atoms with Gasteiger partial charge < -0.3 is 10.2 Å². The fourth-order valence-electron chi connectivity index (χ4n) is 2.30. The molecule has 2 aromatic heterocycles. The van der Waals surface area contributed by atoms with Crippen molar-refractivity contribution in [1.82, 2.24) is 25.4 Å². The largest absolute Gasteiger partial charge is 0.505 e. The maximum atomic E-state index is 12.0. The molecule has 0 bridgehead atoms. The highest BCUT2D eigenvalue weighted by Gasteiger charge is 2.10. The molecule has 0 aliphatic rings. The van der Waals surface area contributed by atoms with Gasteiger partial charge in [0.2, 0.25) is 0 Å². The number of rotatable bonds is 5. The van der Waals surface area contributed by atoms with Crippen LogP contribution in [0.2, 0.25) is 0 Å². The lowest BCUT2D eigenvalue weighted by atomic mass is 10.1. The van der Waals surface area contributed by atoms with Crippen molar-refractivity contribution < 1.29 is 15.0 Å². The monoisotopic (exact) mass is 340 g/mol. The fraction of sp³-hybridized carbons (Fsp3) is 0.188. The third kappa shape index (κ3) is 3.45. The predicted octanol–water partition coefficient (Wildman–Crippen LogP) is 0.483. The zero-order valence-corrected chi connectivity index (χ0v) is 13.4. The van der Waals surface area contributed by atoms with Gasteiger partial charge in [-0.15, -0.1) is 5.10 Å². The van der Waals surface area contributed by atoms with Gasteiger partial charge in [-0.05, 0) is 19.1 Å². The van der Waals surface area contributed by atoms with Crippen LogP contribution in [0.3, 0.4) is 0 Å². The summed E-state index contributed by atoms with van der Waals surface area (Å²) in [6, 6.07) is 7.30. The van der Waals surface area contributed by atoms with E-state index in [4.69, 9.17) is 0 Å². The predicted molar refractivity (Wildman–Crippen MR) is 89.8 cm³/mol. The molecule has 0 saturated heterocycles. The number of aryl methyl sites for hydroxylation is 1. The number of nitrogens with one attached hydrogen (secondary N) is 1. The van der Waals surface area contributed by atoms with E-state index in [2.05, 4.69) is 25.8 Å². The van der Waals surface area contributed by atoms with Gasteiger partial charge in [-0.25, -0.2) is 10.1 Å². The summed E-state index contributed by atoms with van der Waals surface area (Å²) in [5, 5.41) is 31.0. The van der Waals surface area contributed by atoms with Crippen LogP contribution in [0.4, 0.5) is 0 Å². The molecule has 0 saturated carbocycles. The van der Waals surface area contributed by atoms with Gasteiger partial charge in [0.25, 0.3) is 5.91 Å². The number of amides is 1. The lowest BCUT2D eigenvalue weighted by Crippen LogP contribution is -2.23. The molecule has 0 atom stereocenters. The maximum Gasteiger partial charge on any atom is 0.261 e. The molecule has 3 N–H and O–H groups in total. The molecule has 1 amide bonds. The standard InChI is InChI=1S/C16H16N6O3/c1-10-16(25)12(11(9-23)6-17-10)7-18-20-15(24)8-22-14-5-3-2-4-13(14)19-21-22/h2-7,23,25H,8-9H2,1H3,(H,20,24)/b18-7+. The van der Waals surface area contributed by atoms with Gasteiger partial charge in [0.05, 0.1) is 24.0 Å². The number of aromatic hydroxyl groups is 1. The third-order valence-corrected chi connectivity index (χ3v) is 3.62. The van der Waals surface area contributed by atoms with E-state index in [1.807, 2.05) is 18.2 Å². The number of aromatic nitrogens is 4. The summed E-state index contributed by atoms with van der Waals surface area (Å²) in [6.07, 6.45) is 2.71. The molecule has 25 heavy (non-hydrogen) atoms. The Morgan fingerprint density at radius 1 is 1.40 bits per heavy atom. The molecule has 0 spiro atoms. The maximum absolute atomic E-state index is 12.0. The van der Waals surface area contributed by atoms with E-state index in [0.29, 0.717) is 22.3 Å². The minimum absolute atomic E-state index is 0.0495. The molecule has 0 radical (unpaired) electrons.